The van der Waals surface area contributed by atoms with Crippen LogP contribution in [0.25, 0.3) is 22.6 Å². The SMILES string of the molecule is CC(C)(C)NC(=O)c1ccc(Cn2nnc3c(N4CCOCC4)nc(-c4cccc(O)c4)nc32)cc1. The van der Waals surface area contributed by atoms with Crippen molar-refractivity contribution in [1.82, 2.24) is 30.3 Å². The first-order valence-corrected chi connectivity index (χ1v) is 11.9. The van der Waals surface area contributed by atoms with Gasteiger partial charge in [-0.1, -0.05) is 29.5 Å². The van der Waals surface area contributed by atoms with E-state index in [1.54, 1.807) is 22.9 Å². The van der Waals surface area contributed by atoms with Gasteiger partial charge in [-0.3, -0.25) is 4.79 Å². The summed E-state index contributed by atoms with van der Waals surface area (Å²) < 4.78 is 7.25. The van der Waals surface area contributed by atoms with Crippen molar-refractivity contribution in [2.45, 2.75) is 32.9 Å². The predicted molar refractivity (Wildman–Crippen MR) is 136 cm³/mol. The summed E-state index contributed by atoms with van der Waals surface area (Å²) in [5, 5.41) is 21.8. The number of phenolic OH excluding ortho intramolecular Hbond substituents is 1. The maximum absolute atomic E-state index is 12.5. The molecule has 0 spiro atoms. The lowest BCUT2D eigenvalue weighted by Crippen LogP contribution is -2.40. The lowest BCUT2D eigenvalue weighted by atomic mass is 10.1. The van der Waals surface area contributed by atoms with E-state index in [1.807, 2.05) is 51.1 Å². The molecule has 0 unspecified atom stereocenters. The first kappa shape index (κ1) is 23.7. The molecule has 0 radical (unpaired) electrons. The number of rotatable bonds is 5. The van der Waals surface area contributed by atoms with Crippen molar-refractivity contribution in [3.8, 4) is 17.1 Å². The lowest BCUT2D eigenvalue weighted by Gasteiger charge is -2.28. The molecule has 0 saturated carbocycles. The lowest BCUT2D eigenvalue weighted by molar-refractivity contribution is 0.0919. The second-order valence-electron chi connectivity index (χ2n) is 9.84. The van der Waals surface area contributed by atoms with Crippen LogP contribution in [0.1, 0.15) is 36.7 Å². The van der Waals surface area contributed by atoms with E-state index in [0.29, 0.717) is 66.8 Å². The zero-order valence-electron chi connectivity index (χ0n) is 20.6. The van der Waals surface area contributed by atoms with Gasteiger partial charge in [-0.05, 0) is 50.6 Å². The molecule has 1 aliphatic rings. The van der Waals surface area contributed by atoms with E-state index in [-0.39, 0.29) is 17.2 Å². The Balaban J connectivity index is 1.50. The highest BCUT2D eigenvalue weighted by molar-refractivity contribution is 5.94. The molecule has 186 valence electrons. The first-order chi connectivity index (χ1) is 17.3. The normalized spacial score (nSPS) is 14.2. The zero-order valence-corrected chi connectivity index (χ0v) is 20.6. The van der Waals surface area contributed by atoms with Gasteiger partial charge in [0, 0.05) is 29.8 Å². The van der Waals surface area contributed by atoms with Crippen LogP contribution >= 0.6 is 0 Å². The van der Waals surface area contributed by atoms with Crippen molar-refractivity contribution in [2.24, 2.45) is 0 Å². The number of nitrogens with one attached hydrogen (secondary N) is 1. The molecular formula is C26H29N7O3. The second-order valence-corrected chi connectivity index (χ2v) is 9.84. The Morgan fingerprint density at radius 2 is 1.83 bits per heavy atom. The molecule has 0 atom stereocenters. The third-order valence-corrected chi connectivity index (χ3v) is 5.80. The van der Waals surface area contributed by atoms with Crippen LogP contribution in [-0.2, 0) is 11.3 Å². The van der Waals surface area contributed by atoms with Gasteiger partial charge < -0.3 is 20.1 Å². The molecule has 36 heavy (non-hydrogen) atoms. The highest BCUT2D eigenvalue weighted by Crippen LogP contribution is 2.28. The minimum atomic E-state index is -0.305. The van der Waals surface area contributed by atoms with Crippen molar-refractivity contribution in [1.29, 1.82) is 0 Å². The predicted octanol–water partition coefficient (Wildman–Crippen LogP) is 3.01. The van der Waals surface area contributed by atoms with E-state index in [2.05, 4.69) is 20.5 Å². The number of benzene rings is 2. The molecule has 2 aromatic carbocycles. The minimum absolute atomic E-state index is 0.112. The Labute approximate surface area is 208 Å². The van der Waals surface area contributed by atoms with Crippen LogP contribution < -0.4 is 10.2 Å². The van der Waals surface area contributed by atoms with Gasteiger partial charge in [0.25, 0.3) is 5.91 Å². The number of aromatic hydroxyl groups is 1. The average molecular weight is 488 g/mol. The third-order valence-electron chi connectivity index (χ3n) is 5.80. The summed E-state index contributed by atoms with van der Waals surface area (Å²) in [4.78, 5) is 24.2. The average Bonchev–Trinajstić information content (AvgIpc) is 3.26. The molecule has 1 saturated heterocycles. The van der Waals surface area contributed by atoms with E-state index in [0.717, 1.165) is 5.56 Å². The van der Waals surface area contributed by atoms with E-state index in [4.69, 9.17) is 14.7 Å². The van der Waals surface area contributed by atoms with Crippen LogP contribution in [0, 0.1) is 0 Å². The van der Waals surface area contributed by atoms with Gasteiger partial charge in [0.05, 0.1) is 19.8 Å². The molecule has 2 N–H and O–H groups in total. The third kappa shape index (κ3) is 5.13. The highest BCUT2D eigenvalue weighted by Gasteiger charge is 2.22. The molecule has 10 heteroatoms. The van der Waals surface area contributed by atoms with Crippen LogP contribution in [-0.4, -0.2) is 67.8 Å². The van der Waals surface area contributed by atoms with Crippen LogP contribution in [0.15, 0.2) is 48.5 Å². The highest BCUT2D eigenvalue weighted by atomic mass is 16.5. The number of aromatic nitrogens is 5. The Morgan fingerprint density at radius 3 is 2.53 bits per heavy atom. The van der Waals surface area contributed by atoms with Gasteiger partial charge in [0.15, 0.2) is 22.8 Å². The smallest absolute Gasteiger partial charge is 0.251 e. The number of hydrogen-bond acceptors (Lipinski definition) is 8. The number of fused-ring (bicyclic) bond motifs is 1. The number of anilines is 1. The van der Waals surface area contributed by atoms with Gasteiger partial charge in [-0.25, -0.2) is 14.6 Å². The fraction of sp³-hybridized carbons (Fsp3) is 0.346. The molecule has 0 aliphatic carbocycles. The summed E-state index contributed by atoms with van der Waals surface area (Å²) in [6, 6.07) is 14.3. The molecule has 3 heterocycles. The van der Waals surface area contributed by atoms with Crippen molar-refractivity contribution < 1.29 is 14.6 Å². The Morgan fingerprint density at radius 1 is 1.08 bits per heavy atom. The monoisotopic (exact) mass is 487 g/mol. The Bertz CT molecular complexity index is 1390. The van der Waals surface area contributed by atoms with E-state index >= 15 is 0 Å². The molecule has 2 aromatic heterocycles. The van der Waals surface area contributed by atoms with Gasteiger partial charge in [0.2, 0.25) is 0 Å². The van der Waals surface area contributed by atoms with E-state index in [9.17, 15) is 9.90 Å². The van der Waals surface area contributed by atoms with E-state index < -0.39 is 0 Å². The molecule has 4 aromatic rings. The molecule has 1 amide bonds. The summed E-state index contributed by atoms with van der Waals surface area (Å²) in [5.74, 6) is 1.21. The van der Waals surface area contributed by atoms with Crippen LogP contribution in [0.5, 0.6) is 5.75 Å². The molecule has 5 rings (SSSR count). The molecular weight excluding hydrogens is 458 g/mol. The number of amides is 1. The second kappa shape index (κ2) is 9.54. The van der Waals surface area contributed by atoms with Crippen molar-refractivity contribution in [3.63, 3.8) is 0 Å². The number of nitrogens with zero attached hydrogens (tertiary/aromatic N) is 6. The van der Waals surface area contributed by atoms with Crippen molar-refractivity contribution in [2.75, 3.05) is 31.2 Å². The van der Waals surface area contributed by atoms with Gasteiger partial charge in [0.1, 0.15) is 5.75 Å². The number of carbonyl (C=O) groups excluding carboxylic acids is 1. The fourth-order valence-corrected chi connectivity index (χ4v) is 4.07. The molecule has 1 aliphatic heterocycles. The minimum Gasteiger partial charge on any atom is -0.508 e. The first-order valence-electron chi connectivity index (χ1n) is 11.9. The molecule has 10 nitrogen and oxygen atoms in total. The summed E-state index contributed by atoms with van der Waals surface area (Å²) in [6.07, 6.45) is 0. The van der Waals surface area contributed by atoms with Crippen molar-refractivity contribution >= 4 is 22.9 Å². The van der Waals surface area contributed by atoms with Crippen LogP contribution in [0.4, 0.5) is 5.82 Å². The molecule has 0 bridgehead atoms. The number of carbonyl (C=O) groups is 1. The van der Waals surface area contributed by atoms with Gasteiger partial charge in [-0.2, -0.15) is 0 Å². The summed E-state index contributed by atoms with van der Waals surface area (Å²) >= 11 is 0. The van der Waals surface area contributed by atoms with E-state index in [1.165, 1.54) is 0 Å². The topological polar surface area (TPSA) is 118 Å². The Kier molecular flexibility index (Phi) is 6.27. The summed E-state index contributed by atoms with van der Waals surface area (Å²) in [7, 11) is 0. The number of morpholine rings is 1. The summed E-state index contributed by atoms with van der Waals surface area (Å²) in [5.41, 5.74) is 3.16. The van der Waals surface area contributed by atoms with Crippen LogP contribution in [0.3, 0.4) is 0 Å². The van der Waals surface area contributed by atoms with Crippen molar-refractivity contribution in [3.05, 3.63) is 59.7 Å². The zero-order chi connectivity index (χ0) is 25.3. The fourth-order valence-electron chi connectivity index (χ4n) is 4.07. The number of hydrogen-bond donors (Lipinski definition) is 2. The van der Waals surface area contributed by atoms with Gasteiger partial charge in [-0.15, -0.1) is 5.10 Å². The number of ether oxygens (including phenoxy) is 1. The quantitative estimate of drug-likeness (QED) is 0.441. The van der Waals surface area contributed by atoms with Gasteiger partial charge >= 0.3 is 0 Å². The molecule has 1 fully saturated rings. The largest absolute Gasteiger partial charge is 0.508 e. The summed E-state index contributed by atoms with van der Waals surface area (Å²) in [6.45, 7) is 8.88. The maximum Gasteiger partial charge on any atom is 0.251 e. The number of phenols is 1. The maximum atomic E-state index is 12.5. The Hall–Kier alpha value is -4.05. The standard InChI is InChI=1S/C26H29N7O3/c1-26(2,3)29-25(35)18-9-7-17(8-10-18)16-33-24-21(30-31-33)23(32-11-13-36-14-12-32)27-22(28-24)19-5-4-6-20(34)15-19/h4-10,15,34H,11-14,16H2,1-3H3,(H,29,35). The van der Waals surface area contributed by atoms with Crippen LogP contribution in [0.2, 0.25) is 0 Å².